The minimum Gasteiger partial charge on any atom is -0.481 e. The van der Waals surface area contributed by atoms with Gasteiger partial charge in [0.25, 0.3) is 5.91 Å². The van der Waals surface area contributed by atoms with E-state index in [9.17, 15) is 22.8 Å². The van der Waals surface area contributed by atoms with Gasteiger partial charge in [-0.3, -0.25) is 9.59 Å². The quantitative estimate of drug-likeness (QED) is 0.833. The molecule has 7 heteroatoms. The topological polar surface area (TPSA) is 57.6 Å². The Bertz CT molecular complexity index is 524. The van der Waals surface area contributed by atoms with E-state index in [1.807, 2.05) is 0 Å². The molecule has 4 nitrogen and oxygen atoms in total. The van der Waals surface area contributed by atoms with Crippen LogP contribution in [0, 0.1) is 23.4 Å². The minimum absolute atomic E-state index is 0.0191. The highest BCUT2D eigenvalue weighted by atomic mass is 19.2. The summed E-state index contributed by atoms with van der Waals surface area (Å²) in [5.41, 5.74) is -0.331. The average molecular weight is 273 g/mol. The molecule has 1 unspecified atom stereocenters. The van der Waals surface area contributed by atoms with Gasteiger partial charge in [-0.1, -0.05) is 0 Å². The summed E-state index contributed by atoms with van der Waals surface area (Å²) in [5, 5.41) is 8.80. The van der Waals surface area contributed by atoms with Gasteiger partial charge < -0.3 is 10.0 Å². The van der Waals surface area contributed by atoms with Crippen LogP contribution in [-0.4, -0.2) is 35.0 Å². The number of carboxylic acid groups (broad SMARTS) is 1. The number of carbonyl (C=O) groups is 2. The summed E-state index contributed by atoms with van der Waals surface area (Å²) in [6, 6.07) is 1.21. The summed E-state index contributed by atoms with van der Waals surface area (Å²) < 4.78 is 38.8. The first-order chi connectivity index (χ1) is 8.90. The molecule has 1 heterocycles. The first-order valence-corrected chi connectivity index (χ1v) is 5.56. The zero-order chi connectivity index (χ0) is 14.2. The van der Waals surface area contributed by atoms with Crippen molar-refractivity contribution in [2.24, 2.45) is 5.92 Å². The van der Waals surface area contributed by atoms with Crippen LogP contribution in [0.25, 0.3) is 0 Å². The average Bonchev–Trinajstić information content (AvgIpc) is 2.84. The Morgan fingerprint density at radius 2 is 1.79 bits per heavy atom. The summed E-state index contributed by atoms with van der Waals surface area (Å²) in [6.07, 6.45) is 0.285. The van der Waals surface area contributed by atoms with Crippen molar-refractivity contribution in [2.45, 2.75) is 6.42 Å². The second-order valence-corrected chi connectivity index (χ2v) is 4.33. The molecule has 1 aliphatic heterocycles. The Hall–Kier alpha value is -2.05. The first kappa shape index (κ1) is 13.4. The molecule has 1 amide bonds. The standard InChI is InChI=1S/C12H10F3NO3/c13-8-3-7(4-9(14)10(8)15)11(17)16-2-1-6(5-16)12(18)19/h3-4,6H,1-2,5H2,(H,18,19). The fourth-order valence-corrected chi connectivity index (χ4v) is 2.01. The monoisotopic (exact) mass is 273 g/mol. The summed E-state index contributed by atoms with van der Waals surface area (Å²) in [5.74, 6) is -6.94. The van der Waals surface area contributed by atoms with Gasteiger partial charge >= 0.3 is 5.97 Å². The van der Waals surface area contributed by atoms with E-state index in [1.54, 1.807) is 0 Å². The number of hydrogen-bond donors (Lipinski definition) is 1. The van der Waals surface area contributed by atoms with Crippen molar-refractivity contribution in [3.8, 4) is 0 Å². The van der Waals surface area contributed by atoms with Crippen molar-refractivity contribution < 1.29 is 27.9 Å². The Kier molecular flexibility index (Phi) is 3.46. The predicted molar refractivity (Wildman–Crippen MR) is 58.0 cm³/mol. The summed E-state index contributed by atoms with van der Waals surface area (Å²) in [4.78, 5) is 23.8. The van der Waals surface area contributed by atoms with Crippen LogP contribution >= 0.6 is 0 Å². The van der Waals surface area contributed by atoms with E-state index in [0.29, 0.717) is 12.1 Å². The number of rotatable bonds is 2. The summed E-state index contributed by atoms with van der Waals surface area (Å²) >= 11 is 0. The molecule has 102 valence electrons. The van der Waals surface area contributed by atoms with Crippen molar-refractivity contribution in [2.75, 3.05) is 13.1 Å². The van der Waals surface area contributed by atoms with Crippen LogP contribution in [0.2, 0.25) is 0 Å². The molecule has 0 radical (unpaired) electrons. The summed E-state index contributed by atoms with van der Waals surface area (Å²) in [7, 11) is 0. The Balaban J connectivity index is 2.19. The predicted octanol–water partition coefficient (Wildman–Crippen LogP) is 1.65. The normalized spacial score (nSPS) is 18.7. The van der Waals surface area contributed by atoms with Gasteiger partial charge in [0.1, 0.15) is 0 Å². The maximum absolute atomic E-state index is 13.0. The van der Waals surface area contributed by atoms with Crippen LogP contribution in [-0.2, 0) is 4.79 Å². The number of amides is 1. The Morgan fingerprint density at radius 3 is 2.26 bits per heavy atom. The van der Waals surface area contributed by atoms with Gasteiger partial charge in [0.15, 0.2) is 17.5 Å². The van der Waals surface area contributed by atoms with Crippen molar-refractivity contribution >= 4 is 11.9 Å². The second kappa shape index (κ2) is 4.91. The largest absolute Gasteiger partial charge is 0.481 e. The number of likely N-dealkylation sites (tertiary alicyclic amines) is 1. The lowest BCUT2D eigenvalue weighted by Gasteiger charge is -2.16. The minimum atomic E-state index is -1.64. The highest BCUT2D eigenvalue weighted by Crippen LogP contribution is 2.21. The number of hydrogen-bond acceptors (Lipinski definition) is 2. The number of carboxylic acids is 1. The number of benzene rings is 1. The molecule has 1 saturated heterocycles. The van der Waals surface area contributed by atoms with Gasteiger partial charge in [0.2, 0.25) is 0 Å². The SMILES string of the molecule is O=C(O)C1CCN(C(=O)c2cc(F)c(F)c(F)c2)C1. The van der Waals surface area contributed by atoms with E-state index in [0.717, 1.165) is 0 Å². The Labute approximate surface area is 106 Å². The molecule has 2 rings (SSSR count). The van der Waals surface area contributed by atoms with Crippen LogP contribution in [0.4, 0.5) is 13.2 Å². The maximum atomic E-state index is 13.0. The lowest BCUT2D eigenvalue weighted by molar-refractivity contribution is -0.141. The van der Waals surface area contributed by atoms with Crippen LogP contribution in [0.15, 0.2) is 12.1 Å². The molecule has 1 N–H and O–H groups in total. The molecule has 1 fully saturated rings. The van der Waals surface area contributed by atoms with Crippen molar-refractivity contribution in [3.05, 3.63) is 35.1 Å². The van der Waals surface area contributed by atoms with Gasteiger partial charge in [-0.15, -0.1) is 0 Å². The molecule has 1 atom stereocenters. The van der Waals surface area contributed by atoms with Gasteiger partial charge in [-0.05, 0) is 18.6 Å². The zero-order valence-electron chi connectivity index (χ0n) is 9.70. The van der Waals surface area contributed by atoms with E-state index in [4.69, 9.17) is 5.11 Å². The van der Waals surface area contributed by atoms with Crippen molar-refractivity contribution in [1.29, 1.82) is 0 Å². The molecule has 0 saturated carbocycles. The highest BCUT2D eigenvalue weighted by Gasteiger charge is 2.31. The molecule has 1 aromatic carbocycles. The van der Waals surface area contributed by atoms with Gasteiger partial charge in [-0.2, -0.15) is 0 Å². The third-order valence-corrected chi connectivity index (χ3v) is 3.06. The van der Waals surface area contributed by atoms with Gasteiger partial charge in [0, 0.05) is 18.7 Å². The molecule has 0 spiro atoms. The highest BCUT2D eigenvalue weighted by molar-refractivity contribution is 5.94. The van der Waals surface area contributed by atoms with Crippen molar-refractivity contribution in [3.63, 3.8) is 0 Å². The van der Waals surface area contributed by atoms with Crippen LogP contribution < -0.4 is 0 Å². The van der Waals surface area contributed by atoms with E-state index in [-0.39, 0.29) is 25.1 Å². The fraction of sp³-hybridized carbons (Fsp3) is 0.333. The third kappa shape index (κ3) is 2.54. The third-order valence-electron chi connectivity index (χ3n) is 3.06. The molecular weight excluding hydrogens is 263 g/mol. The second-order valence-electron chi connectivity index (χ2n) is 4.33. The molecular formula is C12H10F3NO3. The molecule has 19 heavy (non-hydrogen) atoms. The molecule has 0 aliphatic carbocycles. The smallest absolute Gasteiger partial charge is 0.308 e. The lowest BCUT2D eigenvalue weighted by Crippen LogP contribution is -2.30. The van der Waals surface area contributed by atoms with Crippen molar-refractivity contribution in [1.82, 2.24) is 4.90 Å². The van der Waals surface area contributed by atoms with Crippen LogP contribution in [0.3, 0.4) is 0 Å². The number of carbonyl (C=O) groups excluding carboxylic acids is 1. The zero-order valence-corrected chi connectivity index (χ0v) is 9.70. The molecule has 1 aliphatic rings. The molecule has 0 bridgehead atoms. The number of halogens is 3. The van der Waals surface area contributed by atoms with E-state index in [2.05, 4.69) is 0 Å². The maximum Gasteiger partial charge on any atom is 0.308 e. The van der Waals surface area contributed by atoms with Gasteiger partial charge in [-0.25, -0.2) is 13.2 Å². The van der Waals surface area contributed by atoms with E-state index >= 15 is 0 Å². The summed E-state index contributed by atoms with van der Waals surface area (Å²) in [6.45, 7) is 0.172. The fourth-order valence-electron chi connectivity index (χ4n) is 2.01. The molecule has 1 aromatic rings. The van der Waals surface area contributed by atoms with E-state index < -0.39 is 35.2 Å². The lowest BCUT2D eigenvalue weighted by atomic mass is 10.1. The first-order valence-electron chi connectivity index (χ1n) is 5.56. The van der Waals surface area contributed by atoms with Crippen LogP contribution in [0.5, 0.6) is 0 Å². The number of aliphatic carboxylic acids is 1. The van der Waals surface area contributed by atoms with E-state index in [1.165, 1.54) is 4.90 Å². The molecule has 0 aromatic heterocycles. The van der Waals surface area contributed by atoms with Crippen LogP contribution in [0.1, 0.15) is 16.8 Å². The number of nitrogens with zero attached hydrogens (tertiary/aromatic N) is 1. The van der Waals surface area contributed by atoms with Gasteiger partial charge in [0.05, 0.1) is 5.92 Å². The Morgan fingerprint density at radius 1 is 1.21 bits per heavy atom.